The highest BCUT2D eigenvalue weighted by Crippen LogP contribution is 2.20. The second-order valence-corrected chi connectivity index (χ2v) is 8.23. The number of morpholine rings is 1. The van der Waals surface area contributed by atoms with E-state index in [0.717, 1.165) is 60.7 Å². The molecule has 0 saturated carbocycles. The fraction of sp³-hybridized carbons (Fsp3) is 0.391. The molecule has 1 aliphatic heterocycles. The summed E-state index contributed by atoms with van der Waals surface area (Å²) in [5, 5.41) is 8.97. The molecule has 1 unspecified atom stereocenters. The van der Waals surface area contributed by atoms with Crippen LogP contribution < -0.4 is 10.2 Å². The van der Waals surface area contributed by atoms with Gasteiger partial charge in [0.25, 0.3) is 0 Å². The highest BCUT2D eigenvalue weighted by atomic mass is 35.5. The number of hydrogen-bond donors (Lipinski definition) is 1. The predicted molar refractivity (Wildman–Crippen MR) is 120 cm³/mol. The molecule has 7 heteroatoms. The van der Waals surface area contributed by atoms with Crippen LogP contribution in [0.3, 0.4) is 0 Å². The summed E-state index contributed by atoms with van der Waals surface area (Å²) >= 11 is 6.01. The first-order valence-corrected chi connectivity index (χ1v) is 10.7. The summed E-state index contributed by atoms with van der Waals surface area (Å²) in [6.07, 6.45) is 2.21. The molecular weight excluding hydrogens is 398 g/mol. The number of rotatable bonds is 6. The molecule has 6 nitrogen and oxygen atoms in total. The van der Waals surface area contributed by atoms with Crippen molar-refractivity contribution < 1.29 is 4.74 Å². The van der Waals surface area contributed by atoms with E-state index in [1.54, 1.807) is 0 Å². The molecule has 0 bridgehead atoms. The van der Waals surface area contributed by atoms with E-state index in [9.17, 15) is 0 Å². The first-order chi connectivity index (χ1) is 14.5. The van der Waals surface area contributed by atoms with Gasteiger partial charge in [-0.05, 0) is 56.7 Å². The minimum absolute atomic E-state index is 0.252. The number of hydrogen-bond acceptors (Lipinski definition) is 5. The van der Waals surface area contributed by atoms with E-state index in [0.29, 0.717) is 0 Å². The van der Waals surface area contributed by atoms with Crippen molar-refractivity contribution in [3.63, 3.8) is 0 Å². The summed E-state index contributed by atoms with van der Waals surface area (Å²) in [7, 11) is 0. The Morgan fingerprint density at radius 2 is 1.93 bits per heavy atom. The van der Waals surface area contributed by atoms with Gasteiger partial charge in [-0.1, -0.05) is 17.7 Å². The van der Waals surface area contributed by atoms with E-state index in [-0.39, 0.29) is 6.10 Å². The van der Waals surface area contributed by atoms with Crippen LogP contribution in [-0.4, -0.2) is 40.6 Å². The fourth-order valence-electron chi connectivity index (χ4n) is 3.83. The van der Waals surface area contributed by atoms with Crippen LogP contribution in [0, 0.1) is 13.8 Å². The number of aromatic nitrogens is 3. The molecule has 3 heterocycles. The second-order valence-electron chi connectivity index (χ2n) is 7.79. The Kier molecular flexibility index (Phi) is 6.37. The van der Waals surface area contributed by atoms with Gasteiger partial charge in [0, 0.05) is 48.7 Å². The number of ether oxygens (including phenoxy) is 1. The van der Waals surface area contributed by atoms with E-state index in [4.69, 9.17) is 21.4 Å². The van der Waals surface area contributed by atoms with E-state index < -0.39 is 0 Å². The van der Waals surface area contributed by atoms with Gasteiger partial charge in [0.1, 0.15) is 5.82 Å². The molecule has 3 aromatic rings. The number of nitrogens with one attached hydrogen (secondary N) is 1. The lowest BCUT2D eigenvalue weighted by molar-refractivity contribution is 0.0529. The molecule has 0 aliphatic carbocycles. The molecule has 1 N–H and O–H groups in total. The van der Waals surface area contributed by atoms with Gasteiger partial charge in [-0.15, -0.1) is 0 Å². The Bertz CT molecular complexity index is 984. The summed E-state index contributed by atoms with van der Waals surface area (Å²) in [5.41, 5.74) is 5.57. The molecule has 1 fully saturated rings. The van der Waals surface area contributed by atoms with Gasteiger partial charge in [-0.2, -0.15) is 5.10 Å². The third-order valence-electron chi connectivity index (χ3n) is 5.52. The largest absolute Gasteiger partial charge is 0.375 e. The fourth-order valence-corrected chi connectivity index (χ4v) is 3.96. The molecular formula is C23H28ClN5O. The molecule has 0 spiro atoms. The summed E-state index contributed by atoms with van der Waals surface area (Å²) in [5.74, 6) is 1.02. The monoisotopic (exact) mass is 425 g/mol. The summed E-state index contributed by atoms with van der Waals surface area (Å²) in [6, 6.07) is 12.0. The Morgan fingerprint density at radius 1 is 1.13 bits per heavy atom. The lowest BCUT2D eigenvalue weighted by Gasteiger charge is -2.32. The van der Waals surface area contributed by atoms with Crippen LogP contribution in [0.4, 0.5) is 5.82 Å². The molecule has 0 radical (unpaired) electrons. The van der Waals surface area contributed by atoms with E-state index in [1.807, 2.05) is 35.1 Å². The number of halogens is 1. The summed E-state index contributed by atoms with van der Waals surface area (Å²) < 4.78 is 7.59. The lowest BCUT2D eigenvalue weighted by atomic mass is 10.2. The minimum atomic E-state index is 0.252. The number of anilines is 1. The first kappa shape index (κ1) is 20.8. The highest BCUT2D eigenvalue weighted by Gasteiger charge is 2.17. The van der Waals surface area contributed by atoms with E-state index in [2.05, 4.69) is 48.1 Å². The highest BCUT2D eigenvalue weighted by molar-refractivity contribution is 6.30. The molecule has 2 aromatic heterocycles. The van der Waals surface area contributed by atoms with Crippen LogP contribution in [0.5, 0.6) is 0 Å². The standard InChI is InChI=1S/C23H28ClN5O/c1-16-15-28(10-11-30-16)23-9-4-19(13-26-23)12-25-14-22-17(2)27-29(18(22)3)21-7-5-20(24)6-8-21/h4-9,13,16,25H,10-12,14-15H2,1-3H3. The number of pyridine rings is 1. The Balaban J connectivity index is 1.37. The molecule has 4 rings (SSSR count). The number of benzene rings is 1. The molecule has 1 atom stereocenters. The maximum absolute atomic E-state index is 6.01. The maximum atomic E-state index is 6.01. The van der Waals surface area contributed by atoms with Gasteiger partial charge < -0.3 is 15.0 Å². The molecule has 30 heavy (non-hydrogen) atoms. The van der Waals surface area contributed by atoms with Gasteiger partial charge in [0.05, 0.1) is 24.1 Å². The Labute approximate surface area is 182 Å². The zero-order chi connectivity index (χ0) is 21.1. The van der Waals surface area contributed by atoms with Crippen molar-refractivity contribution >= 4 is 17.4 Å². The normalized spacial score (nSPS) is 16.8. The molecule has 158 valence electrons. The van der Waals surface area contributed by atoms with Crippen LogP contribution in [0.15, 0.2) is 42.6 Å². The van der Waals surface area contributed by atoms with Crippen LogP contribution in [-0.2, 0) is 17.8 Å². The zero-order valence-electron chi connectivity index (χ0n) is 17.7. The number of nitrogens with zero attached hydrogens (tertiary/aromatic N) is 4. The Morgan fingerprint density at radius 3 is 2.63 bits per heavy atom. The van der Waals surface area contributed by atoms with Crippen LogP contribution in [0.25, 0.3) is 5.69 Å². The first-order valence-electron chi connectivity index (χ1n) is 10.3. The van der Waals surface area contributed by atoms with Crippen molar-refractivity contribution in [3.8, 4) is 5.69 Å². The molecule has 1 aliphatic rings. The summed E-state index contributed by atoms with van der Waals surface area (Å²) in [6.45, 7) is 10.3. The summed E-state index contributed by atoms with van der Waals surface area (Å²) in [4.78, 5) is 6.93. The minimum Gasteiger partial charge on any atom is -0.375 e. The van der Waals surface area contributed by atoms with E-state index >= 15 is 0 Å². The topological polar surface area (TPSA) is 55.2 Å². The predicted octanol–water partition coefficient (Wildman–Crippen LogP) is 4.05. The Hall–Kier alpha value is -2.41. The number of aryl methyl sites for hydroxylation is 1. The van der Waals surface area contributed by atoms with Crippen molar-refractivity contribution in [2.24, 2.45) is 0 Å². The van der Waals surface area contributed by atoms with Crippen molar-refractivity contribution in [1.82, 2.24) is 20.1 Å². The van der Waals surface area contributed by atoms with Gasteiger partial charge in [-0.25, -0.2) is 9.67 Å². The third-order valence-corrected chi connectivity index (χ3v) is 5.77. The van der Waals surface area contributed by atoms with Gasteiger partial charge in [0.15, 0.2) is 0 Å². The molecule has 1 aromatic carbocycles. The second kappa shape index (κ2) is 9.16. The molecule has 0 amide bonds. The van der Waals surface area contributed by atoms with Crippen molar-refractivity contribution in [3.05, 3.63) is 70.1 Å². The van der Waals surface area contributed by atoms with Crippen LogP contribution in [0.2, 0.25) is 5.02 Å². The average molecular weight is 426 g/mol. The third kappa shape index (κ3) is 4.67. The maximum Gasteiger partial charge on any atom is 0.128 e. The van der Waals surface area contributed by atoms with E-state index in [1.165, 1.54) is 11.1 Å². The SMILES string of the molecule is Cc1nn(-c2ccc(Cl)cc2)c(C)c1CNCc1ccc(N2CCOC(C)C2)nc1. The quantitative estimate of drug-likeness (QED) is 0.645. The average Bonchev–Trinajstić information content (AvgIpc) is 3.03. The molecule has 1 saturated heterocycles. The van der Waals surface area contributed by atoms with Gasteiger partial charge in [0.2, 0.25) is 0 Å². The van der Waals surface area contributed by atoms with Crippen molar-refractivity contribution in [1.29, 1.82) is 0 Å². The smallest absolute Gasteiger partial charge is 0.128 e. The zero-order valence-corrected chi connectivity index (χ0v) is 18.5. The van der Waals surface area contributed by atoms with Gasteiger partial charge in [-0.3, -0.25) is 0 Å². The van der Waals surface area contributed by atoms with Crippen molar-refractivity contribution in [2.45, 2.75) is 40.0 Å². The van der Waals surface area contributed by atoms with Crippen molar-refractivity contribution in [2.75, 3.05) is 24.6 Å². The van der Waals surface area contributed by atoms with Crippen LogP contribution >= 0.6 is 11.6 Å². The lowest BCUT2D eigenvalue weighted by Crippen LogP contribution is -2.41. The van der Waals surface area contributed by atoms with Crippen LogP contribution in [0.1, 0.15) is 29.4 Å². The van der Waals surface area contributed by atoms with Gasteiger partial charge >= 0.3 is 0 Å².